The first-order valence-corrected chi connectivity index (χ1v) is 8.17. The van der Waals surface area contributed by atoms with Crippen molar-refractivity contribution in [1.82, 2.24) is 15.0 Å². The molecule has 0 aliphatic carbocycles. The lowest BCUT2D eigenvalue weighted by Gasteiger charge is -2.34. The van der Waals surface area contributed by atoms with Crippen molar-refractivity contribution in [3.63, 3.8) is 0 Å². The highest BCUT2D eigenvalue weighted by atomic mass is 32.1. The van der Waals surface area contributed by atoms with Gasteiger partial charge in [0.15, 0.2) is 5.82 Å². The van der Waals surface area contributed by atoms with Crippen molar-refractivity contribution in [2.24, 2.45) is 0 Å². The van der Waals surface area contributed by atoms with Gasteiger partial charge in [-0.2, -0.15) is 10.2 Å². The molecule has 2 atom stereocenters. The molecule has 4 rings (SSSR count). The van der Waals surface area contributed by atoms with Crippen LogP contribution in [0.4, 0.5) is 0 Å². The molecule has 2 saturated heterocycles. The van der Waals surface area contributed by atoms with Gasteiger partial charge in [0.2, 0.25) is 0 Å². The predicted octanol–water partition coefficient (Wildman–Crippen LogP) is 3.01. The van der Waals surface area contributed by atoms with Crippen LogP contribution < -0.4 is 0 Å². The van der Waals surface area contributed by atoms with Crippen molar-refractivity contribution in [2.75, 3.05) is 7.05 Å². The Balaban J connectivity index is 1.60. The van der Waals surface area contributed by atoms with E-state index in [4.69, 9.17) is 9.78 Å². The molecule has 4 heterocycles. The number of fused-ring (bicyclic) bond motifs is 2. The average Bonchev–Trinajstić information content (AvgIpc) is 3.17. The second kappa shape index (κ2) is 4.93. The summed E-state index contributed by atoms with van der Waals surface area (Å²) < 4.78 is 5.41. The van der Waals surface area contributed by atoms with E-state index in [-0.39, 0.29) is 0 Å². The molecule has 0 saturated carbocycles. The van der Waals surface area contributed by atoms with E-state index in [9.17, 15) is 0 Å². The number of rotatable bonds is 2. The van der Waals surface area contributed by atoms with Crippen LogP contribution in [0.25, 0.3) is 10.8 Å². The molecule has 2 fully saturated rings. The van der Waals surface area contributed by atoms with Crippen molar-refractivity contribution in [3.05, 3.63) is 22.8 Å². The maximum atomic E-state index is 9.09. The molecule has 2 aliphatic heterocycles. The highest BCUT2D eigenvalue weighted by Gasteiger charge is 2.40. The van der Waals surface area contributed by atoms with Gasteiger partial charge >= 0.3 is 0 Å². The van der Waals surface area contributed by atoms with Gasteiger partial charge in [0, 0.05) is 18.0 Å². The zero-order valence-electron chi connectivity index (χ0n) is 11.8. The molecule has 2 unspecified atom stereocenters. The van der Waals surface area contributed by atoms with E-state index in [1.807, 2.05) is 5.38 Å². The maximum absolute atomic E-state index is 9.09. The van der Waals surface area contributed by atoms with Gasteiger partial charge in [-0.1, -0.05) is 5.16 Å². The van der Waals surface area contributed by atoms with E-state index in [1.165, 1.54) is 24.2 Å². The Labute approximate surface area is 127 Å². The quantitative estimate of drug-likeness (QED) is 0.853. The monoisotopic (exact) mass is 300 g/mol. The molecule has 5 nitrogen and oxygen atoms in total. The van der Waals surface area contributed by atoms with E-state index in [0.717, 1.165) is 23.5 Å². The minimum Gasteiger partial charge on any atom is -0.333 e. The number of piperidine rings is 1. The standard InChI is InChI=1S/C15H16N4OS/c1-19-11-2-3-12(19)7-10(6-11)14-17-15(20-18-14)13-9(8-16)4-5-21-13/h4-5,10-12H,2-3,6-7H2,1H3. The Kier molecular flexibility index (Phi) is 3.05. The van der Waals surface area contributed by atoms with Crippen LogP contribution in [0.15, 0.2) is 16.0 Å². The summed E-state index contributed by atoms with van der Waals surface area (Å²) in [5.41, 5.74) is 0.610. The lowest BCUT2D eigenvalue weighted by Crippen LogP contribution is -2.39. The second-order valence-electron chi connectivity index (χ2n) is 5.95. The van der Waals surface area contributed by atoms with Crippen LogP contribution in [0.1, 0.15) is 43.0 Å². The normalized spacial score (nSPS) is 28.7. The van der Waals surface area contributed by atoms with Crippen molar-refractivity contribution >= 4 is 11.3 Å². The van der Waals surface area contributed by atoms with Gasteiger partial charge in [0.1, 0.15) is 10.9 Å². The summed E-state index contributed by atoms with van der Waals surface area (Å²) in [6, 6.07) is 5.28. The van der Waals surface area contributed by atoms with Crippen molar-refractivity contribution in [1.29, 1.82) is 5.26 Å². The zero-order chi connectivity index (χ0) is 14.4. The first kappa shape index (κ1) is 13.0. The van der Waals surface area contributed by atoms with E-state index < -0.39 is 0 Å². The molecule has 0 aromatic carbocycles. The van der Waals surface area contributed by atoms with E-state index in [1.54, 1.807) is 6.07 Å². The Hall–Kier alpha value is -1.71. The van der Waals surface area contributed by atoms with Crippen LogP contribution in [0.3, 0.4) is 0 Å². The SMILES string of the molecule is CN1C2CCC1CC(c1noc(-c3sccc3C#N)n1)C2. The summed E-state index contributed by atoms with van der Waals surface area (Å²) in [7, 11) is 2.23. The first-order valence-electron chi connectivity index (χ1n) is 7.29. The van der Waals surface area contributed by atoms with Crippen LogP contribution in [-0.2, 0) is 0 Å². The first-order chi connectivity index (χ1) is 10.3. The van der Waals surface area contributed by atoms with Crippen LogP contribution in [0.2, 0.25) is 0 Å². The molecule has 0 spiro atoms. The third kappa shape index (κ3) is 2.08. The molecule has 21 heavy (non-hydrogen) atoms. The summed E-state index contributed by atoms with van der Waals surface area (Å²) in [6.07, 6.45) is 4.79. The molecule has 6 heteroatoms. The highest BCUT2D eigenvalue weighted by Crippen LogP contribution is 2.41. The van der Waals surface area contributed by atoms with Crippen LogP contribution in [0.5, 0.6) is 0 Å². The van der Waals surface area contributed by atoms with Gasteiger partial charge in [0.25, 0.3) is 5.89 Å². The third-order valence-corrected chi connectivity index (χ3v) is 5.79. The molecular weight excluding hydrogens is 284 g/mol. The van der Waals surface area contributed by atoms with Gasteiger partial charge in [0.05, 0.1) is 5.56 Å². The Morgan fingerprint density at radius 2 is 2.14 bits per heavy atom. The number of hydrogen-bond donors (Lipinski definition) is 0. The minimum atomic E-state index is 0.390. The molecular formula is C15H16N4OS. The smallest absolute Gasteiger partial charge is 0.269 e. The van der Waals surface area contributed by atoms with Crippen LogP contribution in [0, 0.1) is 11.3 Å². The average molecular weight is 300 g/mol. The van der Waals surface area contributed by atoms with Gasteiger partial charge in [-0.25, -0.2) is 0 Å². The molecule has 0 N–H and O–H groups in total. The molecule has 2 aliphatic rings. The van der Waals surface area contributed by atoms with Crippen LogP contribution in [-0.4, -0.2) is 34.2 Å². The van der Waals surface area contributed by atoms with E-state index in [0.29, 0.717) is 29.5 Å². The Morgan fingerprint density at radius 3 is 2.86 bits per heavy atom. The maximum Gasteiger partial charge on any atom is 0.269 e. The Morgan fingerprint density at radius 1 is 1.38 bits per heavy atom. The fraction of sp³-hybridized carbons (Fsp3) is 0.533. The summed E-state index contributed by atoms with van der Waals surface area (Å²) in [5, 5.41) is 15.2. The Bertz CT molecular complexity index is 687. The summed E-state index contributed by atoms with van der Waals surface area (Å²) in [5.74, 6) is 1.69. The van der Waals surface area contributed by atoms with Crippen molar-refractivity contribution in [3.8, 4) is 16.8 Å². The molecule has 2 aromatic heterocycles. The molecule has 0 radical (unpaired) electrons. The van der Waals surface area contributed by atoms with E-state index >= 15 is 0 Å². The summed E-state index contributed by atoms with van der Waals surface area (Å²) >= 11 is 1.47. The van der Waals surface area contributed by atoms with Crippen LogP contribution >= 0.6 is 11.3 Å². The molecule has 2 aromatic rings. The second-order valence-corrected chi connectivity index (χ2v) is 6.87. The largest absolute Gasteiger partial charge is 0.333 e. The fourth-order valence-electron chi connectivity index (χ4n) is 3.68. The third-order valence-electron chi connectivity index (χ3n) is 4.89. The highest BCUT2D eigenvalue weighted by molar-refractivity contribution is 7.13. The zero-order valence-corrected chi connectivity index (χ0v) is 12.6. The number of nitriles is 1. The molecule has 2 bridgehead atoms. The summed E-state index contributed by atoms with van der Waals surface area (Å²) in [4.78, 5) is 7.86. The van der Waals surface area contributed by atoms with Crippen molar-refractivity contribution in [2.45, 2.75) is 43.7 Å². The predicted molar refractivity (Wildman–Crippen MR) is 78.9 cm³/mol. The molecule has 108 valence electrons. The van der Waals surface area contributed by atoms with Crippen molar-refractivity contribution < 1.29 is 4.52 Å². The lowest BCUT2D eigenvalue weighted by molar-refractivity contribution is 0.157. The topological polar surface area (TPSA) is 66.0 Å². The minimum absolute atomic E-state index is 0.390. The summed E-state index contributed by atoms with van der Waals surface area (Å²) in [6.45, 7) is 0. The number of nitrogens with zero attached hydrogens (tertiary/aromatic N) is 4. The number of thiophene rings is 1. The van der Waals surface area contributed by atoms with Gasteiger partial charge in [-0.3, -0.25) is 0 Å². The van der Waals surface area contributed by atoms with E-state index in [2.05, 4.69) is 28.2 Å². The van der Waals surface area contributed by atoms with Gasteiger partial charge in [-0.05, 0) is 44.2 Å². The lowest BCUT2D eigenvalue weighted by atomic mass is 9.90. The number of hydrogen-bond acceptors (Lipinski definition) is 6. The fourth-order valence-corrected chi connectivity index (χ4v) is 4.44. The van der Waals surface area contributed by atoms with Gasteiger partial charge < -0.3 is 9.42 Å². The van der Waals surface area contributed by atoms with Gasteiger partial charge in [-0.15, -0.1) is 11.3 Å². The molecule has 0 amide bonds. The number of aromatic nitrogens is 2.